The third-order valence-electron chi connectivity index (χ3n) is 8.42. The summed E-state index contributed by atoms with van der Waals surface area (Å²) in [5.41, 5.74) is 3.85. The number of methoxy groups -OCH3 is 2. The van der Waals surface area contributed by atoms with Crippen LogP contribution in [-0.2, 0) is 6.42 Å². The highest BCUT2D eigenvalue weighted by atomic mass is 16.6. The van der Waals surface area contributed by atoms with Gasteiger partial charge >= 0.3 is 23.3 Å². The Morgan fingerprint density at radius 3 is 1.25 bits per heavy atom. The van der Waals surface area contributed by atoms with Crippen molar-refractivity contribution in [3.05, 3.63) is 187 Å². The maximum absolute atomic E-state index is 12.6. The van der Waals surface area contributed by atoms with Gasteiger partial charge in [-0.05, 0) is 126 Å². The van der Waals surface area contributed by atoms with Gasteiger partial charge in [-0.2, -0.15) is 0 Å². The van der Waals surface area contributed by atoms with Crippen molar-refractivity contribution in [1.82, 2.24) is 0 Å². The molecule has 14 nitrogen and oxygen atoms in total. The SMILES string of the molecule is COc1ccc(C(=O)Oc2ccc(C=Nc3ccc(Cc4ccc(N=Cc5ccc(OC(=O)c6ccc(OC)cc6)c([N+](=O)[O-])c5)cc4)cc3)cc2[N+](=O)[O-])cc1. The van der Waals surface area contributed by atoms with Gasteiger partial charge in [0, 0.05) is 24.6 Å². The second-order valence-corrected chi connectivity index (χ2v) is 12.2. The Labute approximate surface area is 325 Å². The Bertz CT molecular complexity index is 2310. The van der Waals surface area contributed by atoms with Gasteiger partial charge in [0.1, 0.15) is 11.5 Å². The minimum absolute atomic E-state index is 0.189. The van der Waals surface area contributed by atoms with Crippen LogP contribution in [0.5, 0.6) is 23.0 Å². The van der Waals surface area contributed by atoms with Gasteiger partial charge in [0.25, 0.3) is 0 Å². The fourth-order valence-electron chi connectivity index (χ4n) is 5.39. The molecule has 0 radical (unpaired) electrons. The first-order valence-electron chi connectivity index (χ1n) is 17.1. The van der Waals surface area contributed by atoms with Crippen LogP contribution in [0.15, 0.2) is 143 Å². The highest BCUT2D eigenvalue weighted by Gasteiger charge is 2.21. The van der Waals surface area contributed by atoms with E-state index in [9.17, 15) is 29.8 Å². The van der Waals surface area contributed by atoms with Crippen LogP contribution >= 0.6 is 0 Å². The lowest BCUT2D eigenvalue weighted by Crippen LogP contribution is -2.10. The molecule has 0 unspecified atom stereocenters. The smallest absolute Gasteiger partial charge is 0.343 e. The van der Waals surface area contributed by atoms with Gasteiger partial charge in [0.15, 0.2) is 0 Å². The summed E-state index contributed by atoms with van der Waals surface area (Å²) in [6.45, 7) is 0. The summed E-state index contributed by atoms with van der Waals surface area (Å²) in [5, 5.41) is 23.6. The van der Waals surface area contributed by atoms with Crippen molar-refractivity contribution < 1.29 is 38.4 Å². The third-order valence-corrected chi connectivity index (χ3v) is 8.42. The zero-order chi connectivity index (χ0) is 40.3. The summed E-state index contributed by atoms with van der Waals surface area (Å²) in [6.07, 6.45) is 3.60. The number of carbonyl (C=O) groups is 2. The summed E-state index contributed by atoms with van der Waals surface area (Å²) in [6, 6.07) is 35.8. The highest BCUT2D eigenvalue weighted by molar-refractivity contribution is 5.93. The van der Waals surface area contributed by atoms with E-state index in [4.69, 9.17) is 18.9 Å². The molecule has 0 aliphatic carbocycles. The third kappa shape index (κ3) is 10.2. The molecule has 0 saturated carbocycles. The van der Waals surface area contributed by atoms with Crippen molar-refractivity contribution in [2.24, 2.45) is 9.98 Å². The predicted octanol–water partition coefficient (Wildman–Crippen LogP) is 9.05. The molecule has 0 aliphatic heterocycles. The van der Waals surface area contributed by atoms with Crippen LogP contribution in [0, 0.1) is 20.2 Å². The molecule has 57 heavy (non-hydrogen) atoms. The molecule has 0 N–H and O–H groups in total. The van der Waals surface area contributed by atoms with E-state index >= 15 is 0 Å². The first-order chi connectivity index (χ1) is 27.6. The zero-order valence-corrected chi connectivity index (χ0v) is 30.4. The molecule has 0 aliphatic rings. The van der Waals surface area contributed by atoms with Crippen LogP contribution in [0.1, 0.15) is 43.0 Å². The van der Waals surface area contributed by atoms with E-state index in [1.54, 1.807) is 36.4 Å². The van der Waals surface area contributed by atoms with Crippen molar-refractivity contribution in [3.8, 4) is 23.0 Å². The minimum Gasteiger partial charge on any atom is -0.497 e. The Morgan fingerprint density at radius 1 is 0.544 bits per heavy atom. The van der Waals surface area contributed by atoms with Crippen molar-refractivity contribution in [3.63, 3.8) is 0 Å². The summed E-state index contributed by atoms with van der Waals surface area (Å²) < 4.78 is 20.8. The second-order valence-electron chi connectivity index (χ2n) is 12.2. The lowest BCUT2D eigenvalue weighted by molar-refractivity contribution is -0.385. The van der Waals surface area contributed by atoms with Crippen LogP contribution in [0.4, 0.5) is 22.7 Å². The molecule has 0 bridgehead atoms. The van der Waals surface area contributed by atoms with Gasteiger partial charge in [-0.25, -0.2) is 9.59 Å². The molecule has 14 heteroatoms. The monoisotopic (exact) mass is 764 g/mol. The maximum atomic E-state index is 12.6. The van der Waals surface area contributed by atoms with E-state index in [1.807, 2.05) is 48.5 Å². The summed E-state index contributed by atoms with van der Waals surface area (Å²) in [4.78, 5) is 56.3. The zero-order valence-electron chi connectivity index (χ0n) is 30.4. The molecule has 6 aromatic rings. The van der Waals surface area contributed by atoms with Crippen LogP contribution in [-0.4, -0.2) is 48.4 Å². The molecule has 0 aromatic heterocycles. The van der Waals surface area contributed by atoms with Crippen LogP contribution in [0.3, 0.4) is 0 Å². The Hall–Kier alpha value is -8.00. The summed E-state index contributed by atoms with van der Waals surface area (Å²) >= 11 is 0. The van der Waals surface area contributed by atoms with Crippen LogP contribution in [0.25, 0.3) is 0 Å². The fraction of sp³-hybridized carbons (Fsp3) is 0.0698. The minimum atomic E-state index is -0.742. The average Bonchev–Trinajstić information content (AvgIpc) is 3.23. The standard InChI is InChI=1S/C43H32N4O10/c1-54-36-17-9-32(10-18-36)42(48)56-40-21-7-30(24-38(40)46(50)51)26-44-34-13-3-28(4-14-34)23-29-5-15-35(16-6-29)45-27-31-8-22-41(39(25-31)47(52)53)57-43(49)33-11-19-37(55-2)20-12-33/h3-22,24-27H,23H2,1-2H3. The molecule has 284 valence electrons. The van der Waals surface area contributed by atoms with Crippen molar-refractivity contribution in [1.29, 1.82) is 0 Å². The van der Waals surface area contributed by atoms with Crippen LogP contribution < -0.4 is 18.9 Å². The molecule has 0 amide bonds. The molecule has 6 aromatic carbocycles. The van der Waals surface area contributed by atoms with Gasteiger partial charge < -0.3 is 18.9 Å². The summed E-state index contributed by atoms with van der Waals surface area (Å²) in [7, 11) is 3.00. The number of nitrogens with zero attached hydrogens (tertiary/aromatic N) is 4. The molecule has 6 rings (SSSR count). The normalized spacial score (nSPS) is 11.0. The molecular weight excluding hydrogens is 732 g/mol. The average molecular weight is 765 g/mol. The van der Waals surface area contributed by atoms with Gasteiger partial charge in [0.05, 0.1) is 46.6 Å². The summed E-state index contributed by atoms with van der Waals surface area (Å²) in [5.74, 6) is -0.750. The van der Waals surface area contributed by atoms with E-state index in [0.717, 1.165) is 11.1 Å². The van der Waals surface area contributed by atoms with Crippen molar-refractivity contribution >= 4 is 47.1 Å². The fourth-order valence-corrected chi connectivity index (χ4v) is 5.39. The highest BCUT2D eigenvalue weighted by Crippen LogP contribution is 2.30. The molecule has 0 heterocycles. The topological polar surface area (TPSA) is 182 Å². The van der Waals surface area contributed by atoms with Gasteiger partial charge in [-0.1, -0.05) is 24.3 Å². The lowest BCUT2D eigenvalue weighted by Gasteiger charge is -2.07. The number of hydrogen-bond donors (Lipinski definition) is 0. The number of rotatable bonds is 14. The van der Waals surface area contributed by atoms with Gasteiger partial charge in [-0.15, -0.1) is 0 Å². The van der Waals surface area contributed by atoms with E-state index in [1.165, 1.54) is 75.2 Å². The Kier molecular flexibility index (Phi) is 12.1. The maximum Gasteiger partial charge on any atom is 0.343 e. The number of benzene rings is 6. The first-order valence-corrected chi connectivity index (χ1v) is 17.1. The van der Waals surface area contributed by atoms with E-state index in [2.05, 4.69) is 9.98 Å². The molecule has 0 saturated heterocycles. The quantitative estimate of drug-likeness (QED) is 0.0341. The number of hydrogen-bond acceptors (Lipinski definition) is 12. The second kappa shape index (κ2) is 17.9. The number of aliphatic imine (C=N–C) groups is 2. The van der Waals surface area contributed by atoms with Gasteiger partial charge in [0.2, 0.25) is 11.5 Å². The number of esters is 2. The molecule has 0 atom stereocenters. The van der Waals surface area contributed by atoms with E-state index in [-0.39, 0.29) is 34.0 Å². The Balaban J connectivity index is 1.04. The van der Waals surface area contributed by atoms with Crippen LogP contribution in [0.2, 0.25) is 0 Å². The number of carbonyl (C=O) groups excluding carboxylic acids is 2. The van der Waals surface area contributed by atoms with Gasteiger partial charge in [-0.3, -0.25) is 30.2 Å². The molecule has 0 fully saturated rings. The predicted molar refractivity (Wildman–Crippen MR) is 212 cm³/mol. The molecular formula is C43H32N4O10. The Morgan fingerprint density at radius 2 is 0.912 bits per heavy atom. The van der Waals surface area contributed by atoms with Crippen molar-refractivity contribution in [2.45, 2.75) is 6.42 Å². The van der Waals surface area contributed by atoms with E-state index < -0.39 is 21.8 Å². The number of nitro groups is 2. The lowest BCUT2D eigenvalue weighted by atomic mass is 10.0. The largest absolute Gasteiger partial charge is 0.497 e. The molecule has 0 spiro atoms. The number of ether oxygens (including phenoxy) is 4. The number of nitro benzene ring substituents is 2. The van der Waals surface area contributed by atoms with E-state index in [0.29, 0.717) is 40.4 Å². The van der Waals surface area contributed by atoms with Crippen molar-refractivity contribution in [2.75, 3.05) is 14.2 Å². The first kappa shape index (κ1) is 38.7.